The van der Waals surface area contributed by atoms with Crippen LogP contribution in [0.2, 0.25) is 0 Å². The molecule has 1 aromatic carbocycles. The van der Waals surface area contributed by atoms with E-state index >= 15 is 0 Å². The molecule has 0 bridgehead atoms. The fourth-order valence-corrected chi connectivity index (χ4v) is 3.03. The number of hydrogen-bond donors (Lipinski definition) is 2. The van der Waals surface area contributed by atoms with E-state index in [1.54, 1.807) is 0 Å². The van der Waals surface area contributed by atoms with E-state index in [0.29, 0.717) is 6.42 Å². The van der Waals surface area contributed by atoms with E-state index in [2.05, 4.69) is 19.2 Å². The van der Waals surface area contributed by atoms with Crippen molar-refractivity contribution in [2.45, 2.75) is 45.3 Å². The van der Waals surface area contributed by atoms with Gasteiger partial charge in [0.25, 0.3) is 0 Å². The highest BCUT2D eigenvalue weighted by atomic mass is 16.3. The minimum Gasteiger partial charge on any atom is -0.392 e. The number of nitrogens with one attached hydrogen (secondary N) is 1. The van der Waals surface area contributed by atoms with Crippen LogP contribution in [-0.2, 0) is 4.79 Å². The summed E-state index contributed by atoms with van der Waals surface area (Å²) in [5.74, 6) is 0.210. The molecule has 2 N–H and O–H groups in total. The van der Waals surface area contributed by atoms with E-state index in [0.717, 1.165) is 30.8 Å². The van der Waals surface area contributed by atoms with Crippen LogP contribution in [0.3, 0.4) is 0 Å². The van der Waals surface area contributed by atoms with Crippen molar-refractivity contribution in [1.29, 1.82) is 0 Å². The molecule has 1 saturated heterocycles. The molecule has 2 atom stereocenters. The van der Waals surface area contributed by atoms with Crippen molar-refractivity contribution >= 4 is 17.3 Å². The number of benzene rings is 1. The molecular formula is C16H22N2O2. The van der Waals surface area contributed by atoms with Crippen molar-refractivity contribution in [2.75, 3.05) is 16.8 Å². The summed E-state index contributed by atoms with van der Waals surface area (Å²) in [4.78, 5) is 13.6. The van der Waals surface area contributed by atoms with E-state index in [1.807, 2.05) is 29.2 Å². The zero-order chi connectivity index (χ0) is 14.3. The Bertz CT molecular complexity index is 527. The molecule has 1 saturated carbocycles. The van der Waals surface area contributed by atoms with E-state index in [1.165, 1.54) is 0 Å². The average molecular weight is 274 g/mol. The smallest absolute Gasteiger partial charge is 0.227 e. The third-order valence-corrected chi connectivity index (χ3v) is 4.79. The minimum absolute atomic E-state index is 0.0977. The molecule has 0 radical (unpaired) electrons. The Kier molecular flexibility index (Phi) is 3.21. The fraction of sp³-hybridized carbons (Fsp3) is 0.562. The Balaban J connectivity index is 1.74. The lowest BCUT2D eigenvalue weighted by molar-refractivity contribution is -0.117. The molecule has 2 aliphatic rings. The summed E-state index contributed by atoms with van der Waals surface area (Å²) in [5, 5.41) is 13.3. The molecule has 1 aromatic rings. The first kappa shape index (κ1) is 13.4. The van der Waals surface area contributed by atoms with Crippen LogP contribution in [0.25, 0.3) is 0 Å². The second kappa shape index (κ2) is 4.77. The summed E-state index contributed by atoms with van der Waals surface area (Å²) < 4.78 is 0. The molecule has 1 heterocycles. The molecule has 1 aliphatic heterocycles. The molecule has 4 heteroatoms. The van der Waals surface area contributed by atoms with Crippen LogP contribution < -0.4 is 10.2 Å². The van der Waals surface area contributed by atoms with Gasteiger partial charge in [0.15, 0.2) is 0 Å². The van der Waals surface area contributed by atoms with Gasteiger partial charge in [-0.1, -0.05) is 19.9 Å². The number of amides is 1. The van der Waals surface area contributed by atoms with Gasteiger partial charge in [0.1, 0.15) is 0 Å². The lowest BCUT2D eigenvalue weighted by Gasteiger charge is -2.49. The number of aliphatic hydroxyl groups is 1. The fourth-order valence-electron chi connectivity index (χ4n) is 3.03. The third kappa shape index (κ3) is 2.18. The quantitative estimate of drug-likeness (QED) is 0.890. The molecule has 1 aliphatic carbocycles. The maximum atomic E-state index is 11.8. The SMILES string of the molecule is CC1(C)C(O)CC1Nc1cccc(N2CCCC2=O)c1. The van der Waals surface area contributed by atoms with Crippen LogP contribution in [0.15, 0.2) is 24.3 Å². The molecule has 108 valence electrons. The van der Waals surface area contributed by atoms with Gasteiger partial charge in [-0.2, -0.15) is 0 Å². The van der Waals surface area contributed by atoms with Crippen molar-refractivity contribution in [2.24, 2.45) is 5.41 Å². The molecule has 3 rings (SSSR count). The van der Waals surface area contributed by atoms with Crippen LogP contribution in [0.5, 0.6) is 0 Å². The standard InChI is InChI=1S/C16H22N2O2/c1-16(2)13(10-14(16)19)17-11-5-3-6-12(9-11)18-8-4-7-15(18)20/h3,5-6,9,13-14,17,19H,4,7-8,10H2,1-2H3. The molecule has 0 aromatic heterocycles. The second-order valence-corrected chi connectivity index (χ2v) is 6.47. The molecule has 20 heavy (non-hydrogen) atoms. The zero-order valence-electron chi connectivity index (χ0n) is 12.1. The van der Waals surface area contributed by atoms with E-state index < -0.39 is 0 Å². The topological polar surface area (TPSA) is 52.6 Å². The summed E-state index contributed by atoms with van der Waals surface area (Å²) in [6.07, 6.45) is 2.14. The van der Waals surface area contributed by atoms with Crippen molar-refractivity contribution < 1.29 is 9.90 Å². The maximum absolute atomic E-state index is 11.8. The largest absolute Gasteiger partial charge is 0.392 e. The minimum atomic E-state index is -0.233. The van der Waals surface area contributed by atoms with Crippen molar-refractivity contribution in [3.8, 4) is 0 Å². The summed E-state index contributed by atoms with van der Waals surface area (Å²) in [7, 11) is 0. The van der Waals surface area contributed by atoms with Crippen LogP contribution in [-0.4, -0.2) is 29.7 Å². The molecule has 2 fully saturated rings. The first-order valence-corrected chi connectivity index (χ1v) is 7.33. The Morgan fingerprint density at radius 1 is 1.40 bits per heavy atom. The van der Waals surface area contributed by atoms with Crippen LogP contribution >= 0.6 is 0 Å². The Hall–Kier alpha value is -1.55. The Labute approximate surface area is 119 Å². The van der Waals surface area contributed by atoms with Gasteiger partial charge in [0.2, 0.25) is 5.91 Å². The van der Waals surface area contributed by atoms with Gasteiger partial charge in [-0.05, 0) is 31.0 Å². The zero-order valence-corrected chi connectivity index (χ0v) is 12.1. The van der Waals surface area contributed by atoms with Gasteiger partial charge in [-0.15, -0.1) is 0 Å². The lowest BCUT2D eigenvalue weighted by atomic mass is 9.64. The highest BCUT2D eigenvalue weighted by Gasteiger charge is 2.47. The average Bonchev–Trinajstić information content (AvgIpc) is 2.85. The molecule has 1 amide bonds. The van der Waals surface area contributed by atoms with Crippen LogP contribution in [0.4, 0.5) is 11.4 Å². The van der Waals surface area contributed by atoms with Gasteiger partial charge in [0.05, 0.1) is 6.10 Å². The molecule has 0 spiro atoms. The number of nitrogens with zero attached hydrogens (tertiary/aromatic N) is 1. The predicted molar refractivity (Wildman–Crippen MR) is 79.8 cm³/mol. The summed E-state index contributed by atoms with van der Waals surface area (Å²) in [6, 6.07) is 8.29. The third-order valence-electron chi connectivity index (χ3n) is 4.79. The van der Waals surface area contributed by atoms with Gasteiger partial charge in [-0.25, -0.2) is 0 Å². The lowest BCUT2D eigenvalue weighted by Crippen LogP contribution is -2.56. The van der Waals surface area contributed by atoms with Crippen LogP contribution in [0, 0.1) is 5.41 Å². The Morgan fingerprint density at radius 3 is 2.80 bits per heavy atom. The summed E-state index contributed by atoms with van der Waals surface area (Å²) in [5.41, 5.74) is 1.89. The van der Waals surface area contributed by atoms with Gasteiger partial charge in [-0.3, -0.25) is 4.79 Å². The second-order valence-electron chi connectivity index (χ2n) is 6.47. The highest BCUT2D eigenvalue weighted by Crippen LogP contribution is 2.42. The van der Waals surface area contributed by atoms with Gasteiger partial charge in [0, 0.05) is 35.8 Å². The van der Waals surface area contributed by atoms with Crippen molar-refractivity contribution in [3.05, 3.63) is 24.3 Å². The van der Waals surface area contributed by atoms with Gasteiger partial charge >= 0.3 is 0 Å². The summed E-state index contributed by atoms with van der Waals surface area (Å²) >= 11 is 0. The molecular weight excluding hydrogens is 252 g/mol. The van der Waals surface area contributed by atoms with E-state index in [-0.39, 0.29) is 23.5 Å². The number of rotatable bonds is 3. The summed E-state index contributed by atoms with van der Waals surface area (Å²) in [6.45, 7) is 4.97. The number of aliphatic hydroxyl groups excluding tert-OH is 1. The van der Waals surface area contributed by atoms with Crippen molar-refractivity contribution in [1.82, 2.24) is 0 Å². The number of carbonyl (C=O) groups excluding carboxylic acids is 1. The van der Waals surface area contributed by atoms with Crippen LogP contribution in [0.1, 0.15) is 33.1 Å². The highest BCUT2D eigenvalue weighted by molar-refractivity contribution is 5.95. The van der Waals surface area contributed by atoms with E-state index in [9.17, 15) is 9.90 Å². The van der Waals surface area contributed by atoms with E-state index in [4.69, 9.17) is 0 Å². The van der Waals surface area contributed by atoms with Crippen molar-refractivity contribution in [3.63, 3.8) is 0 Å². The normalized spacial score (nSPS) is 28.4. The predicted octanol–water partition coefficient (Wildman–Crippen LogP) is 2.38. The molecule has 4 nitrogen and oxygen atoms in total. The monoisotopic (exact) mass is 274 g/mol. The number of hydrogen-bond acceptors (Lipinski definition) is 3. The first-order valence-electron chi connectivity index (χ1n) is 7.33. The van der Waals surface area contributed by atoms with Gasteiger partial charge < -0.3 is 15.3 Å². The molecule has 2 unspecified atom stereocenters. The Morgan fingerprint density at radius 2 is 2.20 bits per heavy atom. The maximum Gasteiger partial charge on any atom is 0.227 e. The number of anilines is 2. The first-order chi connectivity index (χ1) is 9.48. The number of carbonyl (C=O) groups is 1.